The minimum atomic E-state index is -4.40. The van der Waals surface area contributed by atoms with Gasteiger partial charge in [-0.2, -0.15) is 0 Å². The highest BCUT2D eigenvalue weighted by atomic mass is 31.2. The Kier molecular flexibility index (Phi) is 38.8. The highest BCUT2D eigenvalue weighted by Crippen LogP contribution is 2.43. The summed E-state index contributed by atoms with van der Waals surface area (Å²) >= 11 is 0. The summed E-state index contributed by atoms with van der Waals surface area (Å²) in [6, 6.07) is 0. The SMILES string of the molecule is CCCCC/C=C\C/C=C\C/C=C\C/C=C\CCCCCC(=O)OC[C@H](COP(=O)(O)OCCN)OC(=O)CCCC/C=C\C/C=C\C/C=C\CCCCC. The first-order valence-electron chi connectivity index (χ1n) is 21.1. The lowest BCUT2D eigenvalue weighted by molar-refractivity contribution is -0.161. The predicted molar refractivity (Wildman–Crippen MR) is 229 cm³/mol. The second-order valence-electron chi connectivity index (χ2n) is 13.5. The summed E-state index contributed by atoms with van der Waals surface area (Å²) in [7, 11) is -4.40. The Morgan fingerprint density at radius 1 is 0.545 bits per heavy atom. The Hall–Kier alpha value is -2.81. The molecule has 0 radical (unpaired) electrons. The first-order chi connectivity index (χ1) is 26.8. The number of allylic oxidation sites excluding steroid dienone is 14. The maximum absolute atomic E-state index is 12.5. The molecule has 0 fully saturated rings. The van der Waals surface area contributed by atoms with Crippen LogP contribution in [0.25, 0.3) is 0 Å². The fourth-order valence-corrected chi connectivity index (χ4v) is 5.86. The van der Waals surface area contributed by atoms with Crippen LogP contribution in [-0.2, 0) is 32.7 Å². The molecule has 2 atom stereocenters. The van der Waals surface area contributed by atoms with E-state index in [1.54, 1.807) is 0 Å². The molecule has 0 aliphatic rings. The van der Waals surface area contributed by atoms with Crippen LogP contribution in [0.5, 0.6) is 0 Å². The van der Waals surface area contributed by atoms with Gasteiger partial charge in [0.1, 0.15) is 6.61 Å². The van der Waals surface area contributed by atoms with E-state index in [0.717, 1.165) is 70.6 Å². The van der Waals surface area contributed by atoms with E-state index < -0.39 is 32.5 Å². The van der Waals surface area contributed by atoms with Crippen molar-refractivity contribution in [2.24, 2.45) is 5.73 Å². The van der Waals surface area contributed by atoms with Gasteiger partial charge in [0.2, 0.25) is 0 Å². The molecule has 3 N–H and O–H groups in total. The van der Waals surface area contributed by atoms with Crippen molar-refractivity contribution in [1.82, 2.24) is 0 Å². The van der Waals surface area contributed by atoms with Crippen molar-refractivity contribution in [2.75, 3.05) is 26.4 Å². The molecule has 0 heterocycles. The molecule has 10 heteroatoms. The molecule has 0 bridgehead atoms. The molecule has 0 aromatic heterocycles. The molecule has 0 rings (SSSR count). The number of nitrogens with two attached hydrogens (primary N) is 1. The van der Waals surface area contributed by atoms with Crippen molar-refractivity contribution in [3.8, 4) is 0 Å². The molecule has 0 aromatic carbocycles. The minimum Gasteiger partial charge on any atom is -0.462 e. The van der Waals surface area contributed by atoms with Crippen molar-refractivity contribution in [3.05, 3.63) is 85.1 Å². The molecule has 0 saturated carbocycles. The fourth-order valence-electron chi connectivity index (χ4n) is 5.09. The first-order valence-corrected chi connectivity index (χ1v) is 22.6. The van der Waals surface area contributed by atoms with Crippen LogP contribution in [0, 0.1) is 0 Å². The van der Waals surface area contributed by atoms with Gasteiger partial charge in [0.05, 0.1) is 13.2 Å². The highest BCUT2D eigenvalue weighted by molar-refractivity contribution is 7.47. The normalized spacial score (nSPS) is 14.2. The Morgan fingerprint density at radius 2 is 0.945 bits per heavy atom. The van der Waals surface area contributed by atoms with E-state index in [1.807, 2.05) is 0 Å². The summed E-state index contributed by atoms with van der Waals surface area (Å²) < 4.78 is 32.7. The largest absolute Gasteiger partial charge is 0.472 e. The third kappa shape index (κ3) is 40.7. The average molecular weight is 790 g/mol. The molecule has 0 aliphatic heterocycles. The van der Waals surface area contributed by atoms with E-state index in [1.165, 1.54) is 44.9 Å². The topological polar surface area (TPSA) is 134 Å². The van der Waals surface area contributed by atoms with E-state index >= 15 is 0 Å². The number of hydrogen-bond donors (Lipinski definition) is 2. The number of ether oxygens (including phenoxy) is 2. The van der Waals surface area contributed by atoms with Gasteiger partial charge in [-0.15, -0.1) is 0 Å². The Labute approximate surface area is 334 Å². The van der Waals surface area contributed by atoms with Gasteiger partial charge in [0.15, 0.2) is 6.10 Å². The molecule has 314 valence electrons. The van der Waals surface area contributed by atoms with Crippen LogP contribution in [-0.4, -0.2) is 49.3 Å². The van der Waals surface area contributed by atoms with Crippen LogP contribution >= 0.6 is 7.82 Å². The van der Waals surface area contributed by atoms with Crippen molar-refractivity contribution in [2.45, 2.75) is 161 Å². The maximum atomic E-state index is 12.5. The molecule has 0 amide bonds. The van der Waals surface area contributed by atoms with Crippen LogP contribution in [0.2, 0.25) is 0 Å². The third-order valence-corrected chi connectivity index (χ3v) is 9.24. The lowest BCUT2D eigenvalue weighted by Gasteiger charge is -2.19. The molecular weight excluding hydrogens is 713 g/mol. The molecule has 55 heavy (non-hydrogen) atoms. The number of carbonyl (C=O) groups excluding carboxylic acids is 2. The quantitative estimate of drug-likeness (QED) is 0.0271. The molecular formula is C45H76NO8P. The fraction of sp³-hybridized carbons (Fsp3) is 0.644. The summed E-state index contributed by atoms with van der Waals surface area (Å²) in [4.78, 5) is 34.8. The molecule has 0 saturated heterocycles. The van der Waals surface area contributed by atoms with Crippen molar-refractivity contribution in [3.63, 3.8) is 0 Å². The van der Waals surface area contributed by atoms with E-state index in [-0.39, 0.29) is 32.6 Å². The lowest BCUT2D eigenvalue weighted by Crippen LogP contribution is -2.29. The monoisotopic (exact) mass is 790 g/mol. The van der Waals surface area contributed by atoms with Gasteiger partial charge in [-0.1, -0.05) is 131 Å². The molecule has 0 spiro atoms. The standard InChI is InChI=1S/C45H76NO8P/c1-3-5-7-9-11-13-15-17-19-20-21-22-24-25-27-29-31-33-35-37-44(47)51-41-43(42-53-55(49,50)52-40-39-46)54-45(48)38-36-34-32-30-28-26-23-18-16-14-12-10-8-6-4-2/h11-14,17-19,21-23,25,27-28,30,43H,3-10,15-16,20,24,26,29,31-42,46H2,1-2H3,(H,49,50)/b13-11-,14-12-,19-17-,22-21-,23-18-,27-25-,30-28-/t43-/m1/s1. The Balaban J connectivity index is 4.32. The number of esters is 2. The molecule has 1 unspecified atom stereocenters. The van der Waals surface area contributed by atoms with Crippen LogP contribution in [0.3, 0.4) is 0 Å². The number of phosphoric acid groups is 1. The second kappa shape index (κ2) is 40.8. The van der Waals surface area contributed by atoms with Crippen LogP contribution in [0.1, 0.15) is 155 Å². The summed E-state index contributed by atoms with van der Waals surface area (Å²) in [6.45, 7) is 3.56. The summed E-state index contributed by atoms with van der Waals surface area (Å²) in [6.07, 6.45) is 50.4. The zero-order valence-corrected chi connectivity index (χ0v) is 35.3. The smallest absolute Gasteiger partial charge is 0.462 e. The maximum Gasteiger partial charge on any atom is 0.472 e. The zero-order valence-electron chi connectivity index (χ0n) is 34.4. The van der Waals surface area contributed by atoms with Gasteiger partial charge in [0, 0.05) is 19.4 Å². The van der Waals surface area contributed by atoms with Crippen LogP contribution in [0.4, 0.5) is 0 Å². The zero-order chi connectivity index (χ0) is 40.3. The lowest BCUT2D eigenvalue weighted by atomic mass is 10.1. The van der Waals surface area contributed by atoms with Crippen molar-refractivity contribution >= 4 is 19.8 Å². The number of unbranched alkanes of at least 4 members (excludes halogenated alkanes) is 11. The van der Waals surface area contributed by atoms with E-state index in [4.69, 9.17) is 24.3 Å². The second-order valence-corrected chi connectivity index (χ2v) is 14.9. The van der Waals surface area contributed by atoms with Crippen LogP contribution < -0.4 is 5.73 Å². The van der Waals surface area contributed by atoms with E-state index in [2.05, 4.69) is 98.9 Å². The molecule has 9 nitrogen and oxygen atoms in total. The van der Waals surface area contributed by atoms with Crippen molar-refractivity contribution < 1.29 is 37.6 Å². The van der Waals surface area contributed by atoms with Gasteiger partial charge in [-0.25, -0.2) is 4.57 Å². The van der Waals surface area contributed by atoms with Gasteiger partial charge in [-0.05, 0) is 96.3 Å². The Morgan fingerprint density at radius 3 is 1.40 bits per heavy atom. The van der Waals surface area contributed by atoms with Gasteiger partial charge < -0.3 is 20.1 Å². The van der Waals surface area contributed by atoms with Gasteiger partial charge in [0.25, 0.3) is 0 Å². The first kappa shape index (κ1) is 52.2. The minimum absolute atomic E-state index is 0.0379. The van der Waals surface area contributed by atoms with Crippen LogP contribution in [0.15, 0.2) is 85.1 Å². The van der Waals surface area contributed by atoms with Gasteiger partial charge in [-0.3, -0.25) is 18.6 Å². The number of phosphoric ester groups is 1. The summed E-state index contributed by atoms with van der Waals surface area (Å²) in [5, 5.41) is 0. The number of carbonyl (C=O) groups is 2. The Bertz CT molecular complexity index is 1170. The van der Waals surface area contributed by atoms with E-state index in [0.29, 0.717) is 12.8 Å². The van der Waals surface area contributed by atoms with Gasteiger partial charge >= 0.3 is 19.8 Å². The predicted octanol–water partition coefficient (Wildman–Crippen LogP) is 12.0. The average Bonchev–Trinajstić information content (AvgIpc) is 3.17. The highest BCUT2D eigenvalue weighted by Gasteiger charge is 2.25. The number of rotatable bonds is 38. The molecule has 0 aromatic rings. The van der Waals surface area contributed by atoms with Crippen molar-refractivity contribution in [1.29, 1.82) is 0 Å². The number of hydrogen-bond acceptors (Lipinski definition) is 8. The molecule has 0 aliphatic carbocycles. The summed E-state index contributed by atoms with van der Waals surface area (Å²) in [5.74, 6) is -0.919. The summed E-state index contributed by atoms with van der Waals surface area (Å²) in [5.41, 5.74) is 5.34. The van der Waals surface area contributed by atoms with E-state index in [9.17, 15) is 19.0 Å². The third-order valence-electron chi connectivity index (χ3n) is 8.25.